The van der Waals surface area contributed by atoms with Crippen LogP contribution in [0, 0.1) is 5.82 Å². The molecule has 0 radical (unpaired) electrons. The first-order valence-corrected chi connectivity index (χ1v) is 7.17. The van der Waals surface area contributed by atoms with Gasteiger partial charge in [0.05, 0.1) is 5.52 Å². The van der Waals surface area contributed by atoms with Crippen LogP contribution in [0.3, 0.4) is 0 Å². The van der Waals surface area contributed by atoms with E-state index in [1.165, 1.54) is 16.8 Å². The van der Waals surface area contributed by atoms with Gasteiger partial charge in [-0.1, -0.05) is 15.9 Å². The molecule has 0 amide bonds. The van der Waals surface area contributed by atoms with E-state index in [1.807, 2.05) is 0 Å². The van der Waals surface area contributed by atoms with E-state index in [0.717, 1.165) is 0 Å². The van der Waals surface area contributed by atoms with Crippen LogP contribution < -0.4 is 0 Å². The Hall–Kier alpha value is -0.880. The van der Waals surface area contributed by atoms with E-state index in [4.69, 9.17) is 4.74 Å². The maximum atomic E-state index is 14.0. The van der Waals surface area contributed by atoms with Crippen LogP contribution in [0.4, 0.5) is 9.18 Å². The first kappa shape index (κ1) is 14.5. The third-order valence-corrected chi connectivity index (χ3v) is 3.65. The Kier molecular flexibility index (Phi) is 3.75. The van der Waals surface area contributed by atoms with Crippen LogP contribution in [0.5, 0.6) is 0 Å². The molecule has 0 unspecified atom stereocenters. The van der Waals surface area contributed by atoms with Crippen molar-refractivity contribution in [3.63, 3.8) is 0 Å². The molecular formula is C13H12Br2FNO2. The van der Waals surface area contributed by atoms with Gasteiger partial charge in [-0.15, -0.1) is 0 Å². The summed E-state index contributed by atoms with van der Waals surface area (Å²) in [7, 11) is 0. The summed E-state index contributed by atoms with van der Waals surface area (Å²) in [4.78, 5) is 12.1. The minimum Gasteiger partial charge on any atom is -0.443 e. The van der Waals surface area contributed by atoms with Gasteiger partial charge in [-0.3, -0.25) is 0 Å². The van der Waals surface area contributed by atoms with Gasteiger partial charge in [-0.2, -0.15) is 0 Å². The quantitative estimate of drug-likeness (QED) is 0.625. The average molecular weight is 393 g/mol. The Labute approximate surface area is 127 Å². The smallest absolute Gasteiger partial charge is 0.419 e. The van der Waals surface area contributed by atoms with E-state index < -0.39 is 17.5 Å². The molecule has 1 aromatic heterocycles. The standard InChI is InChI=1S/C13H12Br2FNO2/c1-13(2,3)19-12(18)17-6-8(15)10-7(14)4-5-9(16)11(10)17/h4-6H,1-3H3. The molecule has 0 saturated carbocycles. The molecule has 0 bridgehead atoms. The van der Waals surface area contributed by atoms with E-state index in [9.17, 15) is 9.18 Å². The second kappa shape index (κ2) is 4.90. The lowest BCUT2D eigenvalue weighted by molar-refractivity contribution is 0.0543. The summed E-state index contributed by atoms with van der Waals surface area (Å²) in [6.45, 7) is 5.29. The molecule has 0 N–H and O–H groups in total. The molecule has 19 heavy (non-hydrogen) atoms. The Morgan fingerprint density at radius 1 is 1.26 bits per heavy atom. The fraction of sp³-hybridized carbons (Fsp3) is 0.308. The van der Waals surface area contributed by atoms with Gasteiger partial charge in [0.15, 0.2) is 0 Å². The molecule has 3 nitrogen and oxygen atoms in total. The van der Waals surface area contributed by atoms with Gasteiger partial charge < -0.3 is 4.74 Å². The van der Waals surface area contributed by atoms with Crippen LogP contribution in [0.25, 0.3) is 10.9 Å². The predicted octanol–water partition coefficient (Wildman–Crippen LogP) is 5.09. The lowest BCUT2D eigenvalue weighted by atomic mass is 10.2. The molecule has 0 spiro atoms. The predicted molar refractivity (Wildman–Crippen MR) is 78.9 cm³/mol. The van der Waals surface area contributed by atoms with E-state index >= 15 is 0 Å². The van der Waals surface area contributed by atoms with Crippen molar-refractivity contribution in [2.24, 2.45) is 0 Å². The van der Waals surface area contributed by atoms with Crippen LogP contribution in [0.2, 0.25) is 0 Å². The van der Waals surface area contributed by atoms with Crippen LogP contribution >= 0.6 is 31.9 Å². The normalized spacial score (nSPS) is 11.9. The molecular weight excluding hydrogens is 381 g/mol. The molecule has 0 saturated heterocycles. The largest absolute Gasteiger partial charge is 0.443 e. The van der Waals surface area contributed by atoms with Gasteiger partial charge in [-0.05, 0) is 48.8 Å². The van der Waals surface area contributed by atoms with Crippen molar-refractivity contribution >= 4 is 48.9 Å². The minimum atomic E-state index is -0.636. The summed E-state index contributed by atoms with van der Waals surface area (Å²) in [5.74, 6) is -0.477. The highest BCUT2D eigenvalue weighted by molar-refractivity contribution is 9.11. The summed E-state index contributed by atoms with van der Waals surface area (Å²) in [6.07, 6.45) is 0.896. The fourth-order valence-electron chi connectivity index (χ4n) is 1.70. The number of ether oxygens (including phenoxy) is 1. The highest BCUT2D eigenvalue weighted by Gasteiger charge is 2.22. The maximum absolute atomic E-state index is 14.0. The van der Waals surface area contributed by atoms with Crippen molar-refractivity contribution in [2.45, 2.75) is 26.4 Å². The summed E-state index contributed by atoms with van der Waals surface area (Å²) < 4.78 is 21.7. The summed E-state index contributed by atoms with van der Waals surface area (Å²) in [5, 5.41) is 0.603. The lowest BCUT2D eigenvalue weighted by Crippen LogP contribution is -2.26. The highest BCUT2D eigenvalue weighted by atomic mass is 79.9. The number of carbonyl (C=O) groups excluding carboxylic acids is 1. The second-order valence-corrected chi connectivity index (χ2v) is 6.79. The molecule has 0 fully saturated rings. The number of halogens is 3. The van der Waals surface area contributed by atoms with Gasteiger partial charge in [0, 0.05) is 20.5 Å². The van der Waals surface area contributed by atoms with Crippen molar-refractivity contribution in [3.05, 3.63) is 33.1 Å². The Morgan fingerprint density at radius 2 is 1.89 bits per heavy atom. The molecule has 0 aliphatic heterocycles. The number of nitrogens with zero attached hydrogens (tertiary/aromatic N) is 1. The third-order valence-electron chi connectivity index (χ3n) is 2.39. The van der Waals surface area contributed by atoms with Crippen molar-refractivity contribution < 1.29 is 13.9 Å². The van der Waals surface area contributed by atoms with E-state index in [-0.39, 0.29) is 5.52 Å². The number of carbonyl (C=O) groups is 1. The van der Waals surface area contributed by atoms with Crippen molar-refractivity contribution in [3.8, 4) is 0 Å². The van der Waals surface area contributed by atoms with Crippen LogP contribution in [-0.4, -0.2) is 16.3 Å². The topological polar surface area (TPSA) is 31.2 Å². The Bertz CT molecular complexity index is 659. The first-order chi connectivity index (χ1) is 8.70. The van der Waals surface area contributed by atoms with Gasteiger partial charge in [0.1, 0.15) is 11.4 Å². The summed E-state index contributed by atoms with van der Waals surface area (Å²) in [5.41, 5.74) is -0.446. The molecule has 6 heteroatoms. The van der Waals surface area contributed by atoms with Crippen LogP contribution in [-0.2, 0) is 4.74 Å². The monoisotopic (exact) mass is 391 g/mol. The van der Waals surface area contributed by atoms with E-state index in [2.05, 4.69) is 31.9 Å². The SMILES string of the molecule is CC(C)(C)OC(=O)n1cc(Br)c2c(Br)ccc(F)c21. The Morgan fingerprint density at radius 3 is 2.47 bits per heavy atom. The van der Waals surface area contributed by atoms with Crippen LogP contribution in [0.15, 0.2) is 27.3 Å². The number of fused-ring (bicyclic) bond motifs is 1. The zero-order valence-corrected chi connectivity index (χ0v) is 13.8. The highest BCUT2D eigenvalue weighted by Crippen LogP contribution is 2.34. The summed E-state index contributed by atoms with van der Waals surface area (Å²) >= 11 is 6.67. The third kappa shape index (κ3) is 2.84. The van der Waals surface area contributed by atoms with Gasteiger partial charge in [-0.25, -0.2) is 13.8 Å². The molecule has 2 rings (SSSR count). The zero-order valence-electron chi connectivity index (χ0n) is 10.6. The molecule has 1 aromatic carbocycles. The number of aromatic nitrogens is 1. The van der Waals surface area contributed by atoms with Gasteiger partial charge >= 0.3 is 6.09 Å². The molecule has 0 aliphatic rings. The minimum absolute atomic E-state index is 0.190. The molecule has 1 heterocycles. The van der Waals surface area contributed by atoms with E-state index in [0.29, 0.717) is 14.3 Å². The maximum Gasteiger partial charge on any atom is 0.419 e. The fourth-order valence-corrected chi connectivity index (χ4v) is 3.11. The summed E-state index contributed by atoms with van der Waals surface area (Å²) in [6, 6.07) is 2.90. The number of hydrogen-bond donors (Lipinski definition) is 0. The van der Waals surface area contributed by atoms with E-state index in [1.54, 1.807) is 26.8 Å². The number of hydrogen-bond acceptors (Lipinski definition) is 2. The van der Waals surface area contributed by atoms with Gasteiger partial charge in [0.25, 0.3) is 0 Å². The van der Waals surface area contributed by atoms with Gasteiger partial charge in [0.2, 0.25) is 0 Å². The zero-order chi connectivity index (χ0) is 14.4. The average Bonchev–Trinajstić information content (AvgIpc) is 2.61. The van der Waals surface area contributed by atoms with Crippen molar-refractivity contribution in [1.29, 1.82) is 0 Å². The number of rotatable bonds is 0. The van der Waals surface area contributed by atoms with Crippen molar-refractivity contribution in [2.75, 3.05) is 0 Å². The van der Waals surface area contributed by atoms with Crippen LogP contribution in [0.1, 0.15) is 20.8 Å². The molecule has 0 aliphatic carbocycles. The van der Waals surface area contributed by atoms with Crippen molar-refractivity contribution in [1.82, 2.24) is 4.57 Å². The molecule has 2 aromatic rings. The second-order valence-electron chi connectivity index (χ2n) is 5.08. The Balaban J connectivity index is 2.63. The lowest BCUT2D eigenvalue weighted by Gasteiger charge is -2.19. The molecule has 0 atom stereocenters. The first-order valence-electron chi connectivity index (χ1n) is 5.58. The number of benzene rings is 1. The molecule has 102 valence electrons.